The summed E-state index contributed by atoms with van der Waals surface area (Å²) in [4.78, 5) is 16.2. The third-order valence-electron chi connectivity index (χ3n) is 1.81. The summed E-state index contributed by atoms with van der Waals surface area (Å²) in [7, 11) is 0. The minimum atomic E-state index is -0.473. The molecule has 0 bridgehead atoms. The van der Waals surface area contributed by atoms with Crippen molar-refractivity contribution in [2.45, 2.75) is 6.54 Å². The number of benzene rings is 1. The second-order valence-electron chi connectivity index (χ2n) is 2.74. The predicted octanol–water partition coefficient (Wildman–Crippen LogP) is 1.17. The van der Waals surface area contributed by atoms with Gasteiger partial charge in [-0.05, 0) is 17.7 Å². The van der Waals surface area contributed by atoms with Crippen LogP contribution < -0.4 is 10.7 Å². The van der Waals surface area contributed by atoms with Crippen LogP contribution in [0.5, 0.6) is 0 Å². The molecule has 6 nitrogen and oxygen atoms in total. The quantitative estimate of drug-likeness (QED) is 0.550. The molecule has 0 saturated heterocycles. The second kappa shape index (κ2) is 3.27. The average Bonchev–Trinajstić information content (AvgIpc) is 2.54. The van der Waals surface area contributed by atoms with Crippen molar-refractivity contribution >= 4 is 11.1 Å². The van der Waals surface area contributed by atoms with Crippen molar-refractivity contribution in [2.24, 2.45) is 5.11 Å². The Hall–Kier alpha value is -2.20. The molecule has 2 rings (SSSR count). The molecule has 0 spiro atoms. The molecule has 1 aromatic carbocycles. The molecule has 0 aliphatic rings. The SMILES string of the molecule is N=[N+]=NCc1ccc2[nH]c(=O)oc2c1. The zero-order valence-corrected chi connectivity index (χ0v) is 7.15. The van der Waals surface area contributed by atoms with E-state index in [1.165, 1.54) is 0 Å². The standard InChI is InChI=1S/C8H6N4O2/c9-12-10-4-5-1-2-6-7(3-5)14-8(13)11-6/h1-3,9H,4H2/p+1. The number of H-pyrrole nitrogens is 1. The van der Waals surface area contributed by atoms with Gasteiger partial charge in [0.1, 0.15) is 17.2 Å². The van der Waals surface area contributed by atoms with Crippen molar-refractivity contribution in [3.63, 3.8) is 0 Å². The van der Waals surface area contributed by atoms with E-state index in [9.17, 15) is 4.79 Å². The maximum absolute atomic E-state index is 10.8. The van der Waals surface area contributed by atoms with Crippen molar-refractivity contribution < 1.29 is 4.42 Å². The van der Waals surface area contributed by atoms with Gasteiger partial charge < -0.3 is 4.42 Å². The molecule has 2 N–H and O–H groups in total. The molecule has 6 heteroatoms. The van der Waals surface area contributed by atoms with Crippen molar-refractivity contribution in [3.05, 3.63) is 34.3 Å². The Kier molecular flexibility index (Phi) is 1.96. The number of oxazole rings is 1. The fraction of sp³-hybridized carbons (Fsp3) is 0.125. The molecule has 1 aromatic heterocycles. The van der Waals surface area contributed by atoms with Gasteiger partial charge in [0.25, 0.3) is 0 Å². The molecule has 70 valence electrons. The van der Waals surface area contributed by atoms with Gasteiger partial charge in [-0.15, -0.1) is 0 Å². The maximum atomic E-state index is 10.8. The Balaban J connectivity index is 2.50. The highest BCUT2D eigenvalue weighted by atomic mass is 16.4. The van der Waals surface area contributed by atoms with Gasteiger partial charge in [0, 0.05) is 0 Å². The molecule has 0 atom stereocenters. The fourth-order valence-electron chi connectivity index (χ4n) is 1.21. The fourth-order valence-corrected chi connectivity index (χ4v) is 1.21. The van der Waals surface area contributed by atoms with Gasteiger partial charge in [-0.2, -0.15) is 0 Å². The molecule has 0 aliphatic carbocycles. The van der Waals surface area contributed by atoms with Crippen molar-refractivity contribution in [3.8, 4) is 0 Å². The molecule has 0 fully saturated rings. The first kappa shape index (κ1) is 8.40. The van der Waals surface area contributed by atoms with E-state index >= 15 is 0 Å². The predicted molar refractivity (Wildman–Crippen MR) is 47.8 cm³/mol. The first-order valence-corrected chi connectivity index (χ1v) is 3.94. The smallest absolute Gasteiger partial charge is 0.408 e. The van der Waals surface area contributed by atoms with Crippen LogP contribution in [0.3, 0.4) is 0 Å². The molecular weight excluding hydrogens is 184 g/mol. The number of aromatic nitrogens is 1. The van der Waals surface area contributed by atoms with Crippen LogP contribution in [0, 0.1) is 5.53 Å². The Labute approximate surface area is 77.8 Å². The van der Waals surface area contributed by atoms with Gasteiger partial charge in [-0.3, -0.25) is 4.98 Å². The second-order valence-corrected chi connectivity index (χ2v) is 2.74. The molecule has 1 heterocycles. The van der Waals surface area contributed by atoms with Gasteiger partial charge in [0.15, 0.2) is 5.58 Å². The maximum Gasteiger partial charge on any atom is 0.417 e. The van der Waals surface area contributed by atoms with Gasteiger partial charge >= 0.3 is 5.76 Å². The monoisotopic (exact) mass is 191 g/mol. The lowest BCUT2D eigenvalue weighted by atomic mass is 10.2. The normalized spacial score (nSPS) is 10.0. The van der Waals surface area contributed by atoms with Crippen LogP contribution in [0.2, 0.25) is 0 Å². The van der Waals surface area contributed by atoms with Crippen LogP contribution in [0.15, 0.2) is 32.5 Å². The van der Waals surface area contributed by atoms with E-state index in [4.69, 9.17) is 9.95 Å². The molecule has 0 amide bonds. The number of fused-ring (bicyclic) bond motifs is 1. The molecule has 0 radical (unpaired) electrons. The number of hydrogen-bond donors (Lipinski definition) is 2. The first-order chi connectivity index (χ1) is 6.79. The van der Waals surface area contributed by atoms with Crippen LogP contribution in [-0.2, 0) is 6.54 Å². The summed E-state index contributed by atoms with van der Waals surface area (Å²) in [5, 5.41) is 3.52. The Morgan fingerprint density at radius 3 is 3.21 bits per heavy atom. The topological polar surface area (TPSA) is 96.3 Å². The van der Waals surface area contributed by atoms with Gasteiger partial charge in [0.05, 0.1) is 5.52 Å². The number of aromatic amines is 1. The third-order valence-corrected chi connectivity index (χ3v) is 1.81. The molecule has 0 saturated carbocycles. The molecular formula is C8H7N4O2+. The number of hydrogen-bond acceptors (Lipinski definition) is 4. The molecule has 0 unspecified atom stereocenters. The van der Waals surface area contributed by atoms with Crippen molar-refractivity contribution in [1.82, 2.24) is 9.90 Å². The van der Waals surface area contributed by atoms with E-state index in [1.807, 2.05) is 0 Å². The minimum absolute atomic E-state index is 0.314. The summed E-state index contributed by atoms with van der Waals surface area (Å²) in [6, 6.07) is 5.22. The van der Waals surface area contributed by atoms with E-state index in [2.05, 4.69) is 15.0 Å². The van der Waals surface area contributed by atoms with Gasteiger partial charge in [0.2, 0.25) is 4.91 Å². The number of nitrogens with zero attached hydrogens (tertiary/aromatic N) is 2. The Morgan fingerprint density at radius 1 is 1.57 bits per heavy atom. The van der Waals surface area contributed by atoms with Crippen LogP contribution in [0.4, 0.5) is 0 Å². The van der Waals surface area contributed by atoms with Crippen LogP contribution >= 0.6 is 0 Å². The Bertz CT molecular complexity index is 562. The summed E-state index contributed by atoms with van der Waals surface area (Å²) in [5.74, 6) is -0.473. The number of rotatable bonds is 2. The van der Waals surface area contributed by atoms with E-state index in [0.717, 1.165) is 5.56 Å². The number of nitrogens with one attached hydrogen (secondary N) is 2. The highest BCUT2D eigenvalue weighted by Crippen LogP contribution is 2.12. The largest absolute Gasteiger partial charge is 0.417 e. The lowest BCUT2D eigenvalue weighted by molar-refractivity contribution is 0.555. The van der Waals surface area contributed by atoms with Crippen LogP contribution in [0.1, 0.15) is 5.56 Å². The first-order valence-electron chi connectivity index (χ1n) is 3.94. The summed E-state index contributed by atoms with van der Waals surface area (Å²) in [5.41, 5.74) is 8.49. The van der Waals surface area contributed by atoms with E-state index in [1.54, 1.807) is 18.2 Å². The van der Waals surface area contributed by atoms with Gasteiger partial charge in [-0.1, -0.05) is 6.07 Å². The van der Waals surface area contributed by atoms with E-state index in [0.29, 0.717) is 17.6 Å². The molecule has 2 aromatic rings. The summed E-state index contributed by atoms with van der Waals surface area (Å²) in [6.45, 7) is 0.314. The lowest BCUT2D eigenvalue weighted by Crippen LogP contribution is -1.92. The van der Waals surface area contributed by atoms with Crippen molar-refractivity contribution in [2.75, 3.05) is 0 Å². The minimum Gasteiger partial charge on any atom is -0.408 e. The van der Waals surface area contributed by atoms with E-state index < -0.39 is 5.76 Å². The molecule has 0 aliphatic heterocycles. The summed E-state index contributed by atoms with van der Waals surface area (Å²) in [6.07, 6.45) is 0. The van der Waals surface area contributed by atoms with Crippen LogP contribution in [0.25, 0.3) is 11.1 Å². The zero-order valence-electron chi connectivity index (χ0n) is 7.15. The zero-order chi connectivity index (χ0) is 9.97. The highest BCUT2D eigenvalue weighted by Gasteiger charge is 2.02. The average molecular weight is 191 g/mol. The third kappa shape index (κ3) is 1.46. The van der Waals surface area contributed by atoms with E-state index in [-0.39, 0.29) is 0 Å². The summed E-state index contributed by atoms with van der Waals surface area (Å²) >= 11 is 0. The lowest BCUT2D eigenvalue weighted by Gasteiger charge is -1.90. The van der Waals surface area contributed by atoms with Gasteiger partial charge in [-0.25, -0.2) is 4.79 Å². The molecule has 14 heavy (non-hydrogen) atoms. The van der Waals surface area contributed by atoms with Crippen molar-refractivity contribution in [1.29, 1.82) is 5.53 Å². The summed E-state index contributed by atoms with van der Waals surface area (Å²) < 4.78 is 4.86. The highest BCUT2D eigenvalue weighted by molar-refractivity contribution is 5.72. The Morgan fingerprint density at radius 2 is 2.43 bits per heavy atom. The van der Waals surface area contributed by atoms with Crippen LogP contribution in [-0.4, -0.2) is 4.98 Å².